The van der Waals surface area contributed by atoms with Crippen molar-refractivity contribution in [2.75, 3.05) is 0 Å². The Bertz CT molecular complexity index is 772. The van der Waals surface area contributed by atoms with Gasteiger partial charge in [0.2, 0.25) is 0 Å². The number of rotatable bonds is 8. The molecule has 0 radical (unpaired) electrons. The molecule has 0 aromatic heterocycles. The van der Waals surface area contributed by atoms with Crippen LogP contribution in [0.4, 0.5) is 0 Å². The van der Waals surface area contributed by atoms with E-state index in [9.17, 15) is 5.26 Å². The second-order valence-corrected chi connectivity index (χ2v) is 8.94. The molecule has 2 heteroatoms. The van der Waals surface area contributed by atoms with Crippen LogP contribution in [0.5, 0.6) is 0 Å². The lowest BCUT2D eigenvalue weighted by molar-refractivity contribution is 0.371. The quantitative estimate of drug-likeness (QED) is 0.331. The fourth-order valence-electron chi connectivity index (χ4n) is 4.41. The minimum Gasteiger partial charge on any atom is -0.197 e. The third-order valence-corrected chi connectivity index (χ3v) is 6.57. The van der Waals surface area contributed by atoms with Crippen molar-refractivity contribution in [3.05, 3.63) is 59.7 Å². The first-order valence-electron chi connectivity index (χ1n) is 10.9. The lowest BCUT2D eigenvalue weighted by Gasteiger charge is -2.33. The van der Waals surface area contributed by atoms with E-state index in [0.717, 1.165) is 31.2 Å². The fraction of sp³-hybridized carbons (Fsp3) is 0.500. The van der Waals surface area contributed by atoms with Crippen LogP contribution < -0.4 is 0 Å². The van der Waals surface area contributed by atoms with Gasteiger partial charge in [0.25, 0.3) is 0 Å². The normalized spacial score (nSPS) is 22.0. The topological polar surface area (TPSA) is 23.8 Å². The summed E-state index contributed by atoms with van der Waals surface area (Å²) in [5.41, 5.74) is 4.59. The number of alkyl halides is 1. The monoisotopic (exact) mass is 393 g/mol. The van der Waals surface area contributed by atoms with Crippen molar-refractivity contribution in [1.29, 1.82) is 5.26 Å². The van der Waals surface area contributed by atoms with E-state index in [0.29, 0.717) is 0 Å². The molecule has 0 aliphatic heterocycles. The number of nitriles is 1. The average molecular weight is 394 g/mol. The summed E-state index contributed by atoms with van der Waals surface area (Å²) in [6.07, 6.45) is 11.5. The van der Waals surface area contributed by atoms with Gasteiger partial charge in [0.05, 0.1) is 11.5 Å². The molecule has 3 rings (SSSR count). The number of hydrogen-bond acceptors (Lipinski definition) is 1. The lowest BCUT2D eigenvalue weighted by atomic mass is 9.70. The molecule has 0 heterocycles. The molecule has 1 saturated carbocycles. The summed E-state index contributed by atoms with van der Waals surface area (Å²) in [6.45, 7) is 2.26. The second kappa shape index (κ2) is 10.1. The number of hydrogen-bond donors (Lipinski definition) is 0. The van der Waals surface area contributed by atoms with Crippen molar-refractivity contribution in [2.45, 2.75) is 81.9 Å². The van der Waals surface area contributed by atoms with E-state index in [2.05, 4.69) is 61.5 Å². The van der Waals surface area contributed by atoms with Crippen molar-refractivity contribution in [3.63, 3.8) is 0 Å². The van der Waals surface area contributed by atoms with Gasteiger partial charge in [-0.05, 0) is 54.4 Å². The van der Waals surface area contributed by atoms with Gasteiger partial charge < -0.3 is 0 Å². The van der Waals surface area contributed by atoms with Crippen LogP contribution in [-0.2, 0) is 11.8 Å². The molecule has 0 amide bonds. The largest absolute Gasteiger partial charge is 0.197 e. The zero-order valence-corrected chi connectivity index (χ0v) is 17.8. The first-order chi connectivity index (χ1) is 13.7. The van der Waals surface area contributed by atoms with E-state index >= 15 is 0 Å². The molecule has 1 aliphatic rings. The Morgan fingerprint density at radius 2 is 1.61 bits per heavy atom. The summed E-state index contributed by atoms with van der Waals surface area (Å²) in [6, 6.07) is 20.1. The van der Waals surface area contributed by atoms with Gasteiger partial charge in [-0.3, -0.25) is 0 Å². The number of halogens is 1. The fourth-order valence-corrected chi connectivity index (χ4v) is 4.83. The lowest BCUT2D eigenvalue weighted by Crippen LogP contribution is -2.31. The van der Waals surface area contributed by atoms with Crippen LogP contribution in [-0.4, -0.2) is 5.38 Å². The van der Waals surface area contributed by atoms with Crippen LogP contribution >= 0.6 is 11.6 Å². The third kappa shape index (κ3) is 5.18. The van der Waals surface area contributed by atoms with Crippen LogP contribution in [0.1, 0.15) is 75.8 Å². The minimum atomic E-state index is -0.412. The van der Waals surface area contributed by atoms with Crippen molar-refractivity contribution < 1.29 is 0 Å². The third-order valence-electron chi connectivity index (χ3n) is 6.20. The molecule has 0 N–H and O–H groups in total. The van der Waals surface area contributed by atoms with Gasteiger partial charge in [-0.2, -0.15) is 5.26 Å². The Hall–Kier alpha value is -1.78. The van der Waals surface area contributed by atoms with Crippen LogP contribution in [0.3, 0.4) is 0 Å². The van der Waals surface area contributed by atoms with Crippen LogP contribution in [0, 0.1) is 11.3 Å². The molecule has 148 valence electrons. The van der Waals surface area contributed by atoms with E-state index in [4.69, 9.17) is 11.6 Å². The molecular weight excluding hydrogens is 362 g/mol. The molecule has 0 saturated heterocycles. The van der Waals surface area contributed by atoms with E-state index in [1.807, 2.05) is 0 Å². The minimum absolute atomic E-state index is 0.114. The van der Waals surface area contributed by atoms with Crippen molar-refractivity contribution in [2.24, 2.45) is 0 Å². The van der Waals surface area contributed by atoms with Gasteiger partial charge >= 0.3 is 0 Å². The van der Waals surface area contributed by atoms with Crippen LogP contribution in [0.25, 0.3) is 11.1 Å². The molecule has 2 aromatic carbocycles. The van der Waals surface area contributed by atoms with Gasteiger partial charge in [0.1, 0.15) is 0 Å². The van der Waals surface area contributed by atoms with Gasteiger partial charge in [-0.25, -0.2) is 0 Å². The van der Waals surface area contributed by atoms with Gasteiger partial charge in [0, 0.05) is 5.38 Å². The maximum Gasteiger partial charge on any atom is 0.0836 e. The van der Waals surface area contributed by atoms with Crippen LogP contribution in [0.15, 0.2) is 48.5 Å². The van der Waals surface area contributed by atoms with E-state index in [1.54, 1.807) is 0 Å². The standard InChI is InChI=1S/C26H32ClN/c1-2-3-4-5-6-8-21-10-12-22(13-11-21)23-14-16-24(17-15-23)26(20-28)18-7-9-25(27)19-26/h10-17,25H,2-9,18-19H2,1H3. The molecular formula is C26H32ClN. The Kier molecular flexibility index (Phi) is 7.57. The van der Waals surface area contributed by atoms with Crippen molar-refractivity contribution in [1.82, 2.24) is 0 Å². The summed E-state index contributed by atoms with van der Waals surface area (Å²) in [4.78, 5) is 0. The highest BCUT2D eigenvalue weighted by atomic mass is 35.5. The maximum atomic E-state index is 9.84. The Morgan fingerprint density at radius 3 is 2.21 bits per heavy atom. The maximum absolute atomic E-state index is 9.84. The van der Waals surface area contributed by atoms with Gasteiger partial charge in [0.15, 0.2) is 0 Å². The predicted molar refractivity (Wildman–Crippen MR) is 120 cm³/mol. The predicted octanol–water partition coefficient (Wildman–Crippen LogP) is 7.81. The number of nitrogens with zero attached hydrogens (tertiary/aromatic N) is 1. The first-order valence-corrected chi connectivity index (χ1v) is 11.4. The highest BCUT2D eigenvalue weighted by Crippen LogP contribution is 2.41. The molecule has 1 nitrogen and oxygen atoms in total. The summed E-state index contributed by atoms with van der Waals surface area (Å²) < 4.78 is 0. The van der Waals surface area contributed by atoms with Gasteiger partial charge in [-0.1, -0.05) is 87.6 Å². The Balaban J connectivity index is 1.64. The average Bonchev–Trinajstić information content (AvgIpc) is 2.74. The van der Waals surface area contributed by atoms with Crippen molar-refractivity contribution in [3.8, 4) is 17.2 Å². The second-order valence-electron chi connectivity index (χ2n) is 8.33. The first kappa shape index (κ1) is 20.9. The molecule has 0 bridgehead atoms. The van der Waals surface area contributed by atoms with E-state index in [1.165, 1.54) is 55.2 Å². The zero-order chi connectivity index (χ0) is 19.8. The number of aryl methyl sites for hydroxylation is 1. The summed E-state index contributed by atoms with van der Waals surface area (Å²) in [5.74, 6) is 0. The molecule has 1 fully saturated rings. The van der Waals surface area contributed by atoms with E-state index in [-0.39, 0.29) is 5.38 Å². The Morgan fingerprint density at radius 1 is 0.964 bits per heavy atom. The highest BCUT2D eigenvalue weighted by Gasteiger charge is 2.37. The van der Waals surface area contributed by atoms with E-state index < -0.39 is 5.41 Å². The number of benzene rings is 2. The molecule has 28 heavy (non-hydrogen) atoms. The Labute approximate surface area is 175 Å². The molecule has 2 unspecified atom stereocenters. The highest BCUT2D eigenvalue weighted by molar-refractivity contribution is 6.20. The summed E-state index contributed by atoms with van der Waals surface area (Å²) >= 11 is 6.38. The molecule has 1 aliphatic carbocycles. The van der Waals surface area contributed by atoms with Crippen LogP contribution in [0.2, 0.25) is 0 Å². The molecule has 2 aromatic rings. The van der Waals surface area contributed by atoms with Gasteiger partial charge in [-0.15, -0.1) is 11.6 Å². The zero-order valence-electron chi connectivity index (χ0n) is 17.1. The smallest absolute Gasteiger partial charge is 0.0836 e. The number of unbranched alkanes of at least 4 members (excludes halogenated alkanes) is 4. The molecule has 2 atom stereocenters. The summed E-state index contributed by atoms with van der Waals surface area (Å²) in [5, 5.41) is 9.95. The van der Waals surface area contributed by atoms with Crippen molar-refractivity contribution >= 4 is 11.6 Å². The molecule has 0 spiro atoms. The summed E-state index contributed by atoms with van der Waals surface area (Å²) in [7, 11) is 0. The SMILES string of the molecule is CCCCCCCc1ccc(-c2ccc(C3(C#N)CCCC(Cl)C3)cc2)cc1.